The van der Waals surface area contributed by atoms with Gasteiger partial charge in [0, 0.05) is 12.5 Å². The van der Waals surface area contributed by atoms with Crippen LogP contribution in [0, 0.1) is 0 Å². The van der Waals surface area contributed by atoms with Crippen molar-refractivity contribution in [2.75, 3.05) is 7.11 Å². The van der Waals surface area contributed by atoms with Crippen LogP contribution in [0.5, 0.6) is 5.75 Å². The molecule has 0 saturated heterocycles. The summed E-state index contributed by atoms with van der Waals surface area (Å²) in [6.45, 7) is 0. The highest BCUT2D eigenvalue weighted by molar-refractivity contribution is 7.80. The second kappa shape index (κ2) is 8.58. The molecule has 6 heteroatoms. The summed E-state index contributed by atoms with van der Waals surface area (Å²) in [7, 11) is 1.63. The van der Waals surface area contributed by atoms with Gasteiger partial charge in [-0.3, -0.25) is 15.6 Å². The lowest BCUT2D eigenvalue weighted by Gasteiger charge is -2.16. The van der Waals surface area contributed by atoms with E-state index >= 15 is 0 Å². The number of amides is 1. The van der Waals surface area contributed by atoms with E-state index in [0.29, 0.717) is 24.0 Å². The Bertz CT molecular complexity index is 516. The molecule has 1 aliphatic carbocycles. The Kier molecular flexibility index (Phi) is 6.45. The summed E-state index contributed by atoms with van der Waals surface area (Å²) in [5.74, 6) is 0.711. The molecule has 3 N–H and O–H groups in total. The molecule has 0 aromatic heterocycles. The maximum absolute atomic E-state index is 11.9. The first-order valence-corrected chi connectivity index (χ1v) is 8.07. The Morgan fingerprint density at radius 3 is 2.73 bits per heavy atom. The Hall–Kier alpha value is -1.82. The van der Waals surface area contributed by atoms with E-state index in [2.05, 4.69) is 16.2 Å². The van der Waals surface area contributed by atoms with E-state index in [1.165, 1.54) is 12.8 Å². The number of para-hydroxylation sites is 1. The average molecular weight is 321 g/mol. The van der Waals surface area contributed by atoms with Gasteiger partial charge in [-0.05, 0) is 43.1 Å². The van der Waals surface area contributed by atoms with Crippen LogP contribution in [0.1, 0.15) is 37.7 Å². The zero-order valence-electron chi connectivity index (χ0n) is 12.9. The molecule has 0 aliphatic heterocycles. The molecule has 0 spiro atoms. The van der Waals surface area contributed by atoms with Crippen molar-refractivity contribution < 1.29 is 9.53 Å². The minimum atomic E-state index is -0.0959. The van der Waals surface area contributed by atoms with Crippen LogP contribution in [0.25, 0.3) is 0 Å². The van der Waals surface area contributed by atoms with Gasteiger partial charge >= 0.3 is 0 Å². The molecule has 120 valence electrons. The molecule has 1 amide bonds. The number of hydrogen-bond acceptors (Lipinski definition) is 3. The number of carbonyl (C=O) groups excluding carboxylic acids is 1. The van der Waals surface area contributed by atoms with Gasteiger partial charge in [0.1, 0.15) is 5.75 Å². The fourth-order valence-corrected chi connectivity index (χ4v) is 2.86. The third kappa shape index (κ3) is 5.18. The lowest BCUT2D eigenvalue weighted by Crippen LogP contribution is -2.49. The number of methoxy groups -OCH3 is 1. The number of benzene rings is 1. The first-order valence-electron chi connectivity index (χ1n) is 7.66. The molecule has 1 saturated carbocycles. The van der Waals surface area contributed by atoms with Gasteiger partial charge in [0.25, 0.3) is 0 Å². The van der Waals surface area contributed by atoms with Crippen molar-refractivity contribution in [1.82, 2.24) is 16.2 Å². The number of hydrogen-bond donors (Lipinski definition) is 3. The largest absolute Gasteiger partial charge is 0.496 e. The molecule has 22 heavy (non-hydrogen) atoms. The lowest BCUT2D eigenvalue weighted by atomic mass is 10.1. The fourth-order valence-electron chi connectivity index (χ4n) is 2.64. The SMILES string of the molecule is COc1ccccc1CCC(=O)NNC(=S)NC1CCCC1. The van der Waals surface area contributed by atoms with E-state index in [1.54, 1.807) is 7.11 Å². The summed E-state index contributed by atoms with van der Waals surface area (Å²) in [5.41, 5.74) is 6.41. The molecule has 0 heterocycles. The molecule has 1 aromatic carbocycles. The fraction of sp³-hybridized carbons (Fsp3) is 0.500. The van der Waals surface area contributed by atoms with Gasteiger partial charge in [-0.1, -0.05) is 31.0 Å². The third-order valence-corrected chi connectivity index (χ3v) is 4.04. The van der Waals surface area contributed by atoms with Crippen molar-refractivity contribution in [3.63, 3.8) is 0 Å². The normalized spacial score (nSPS) is 14.4. The highest BCUT2D eigenvalue weighted by atomic mass is 32.1. The van der Waals surface area contributed by atoms with Gasteiger partial charge in [-0.25, -0.2) is 0 Å². The van der Waals surface area contributed by atoms with E-state index in [0.717, 1.165) is 24.2 Å². The molecular formula is C16H23N3O2S. The summed E-state index contributed by atoms with van der Waals surface area (Å²) in [4.78, 5) is 11.9. The van der Waals surface area contributed by atoms with Crippen LogP contribution in [0.2, 0.25) is 0 Å². The van der Waals surface area contributed by atoms with Crippen LogP contribution < -0.4 is 20.9 Å². The van der Waals surface area contributed by atoms with Crippen LogP contribution >= 0.6 is 12.2 Å². The number of carbonyl (C=O) groups is 1. The summed E-state index contributed by atoms with van der Waals surface area (Å²) < 4.78 is 5.27. The first kappa shape index (κ1) is 16.5. The van der Waals surface area contributed by atoms with Crippen molar-refractivity contribution in [1.29, 1.82) is 0 Å². The van der Waals surface area contributed by atoms with Gasteiger partial charge in [-0.15, -0.1) is 0 Å². The number of nitrogens with one attached hydrogen (secondary N) is 3. The van der Waals surface area contributed by atoms with Crippen molar-refractivity contribution >= 4 is 23.2 Å². The van der Waals surface area contributed by atoms with Crippen molar-refractivity contribution in [3.8, 4) is 5.75 Å². The highest BCUT2D eigenvalue weighted by Crippen LogP contribution is 2.18. The Labute approximate surface area is 136 Å². The summed E-state index contributed by atoms with van der Waals surface area (Å²) in [5, 5.41) is 3.70. The van der Waals surface area contributed by atoms with Crippen molar-refractivity contribution in [2.45, 2.75) is 44.6 Å². The Balaban J connectivity index is 1.68. The smallest absolute Gasteiger partial charge is 0.238 e. The number of rotatable bonds is 5. The van der Waals surface area contributed by atoms with E-state index in [1.807, 2.05) is 24.3 Å². The minimum Gasteiger partial charge on any atom is -0.496 e. The maximum atomic E-state index is 11.9. The number of thiocarbonyl (C=S) groups is 1. The third-order valence-electron chi connectivity index (χ3n) is 3.82. The van der Waals surface area contributed by atoms with E-state index in [9.17, 15) is 4.79 Å². The molecule has 0 bridgehead atoms. The van der Waals surface area contributed by atoms with Crippen molar-refractivity contribution in [2.24, 2.45) is 0 Å². The van der Waals surface area contributed by atoms with Gasteiger partial charge in [0.15, 0.2) is 5.11 Å². The first-order chi connectivity index (χ1) is 10.7. The van der Waals surface area contributed by atoms with Gasteiger partial charge in [-0.2, -0.15) is 0 Å². The van der Waals surface area contributed by atoms with Gasteiger partial charge in [0.05, 0.1) is 7.11 Å². The van der Waals surface area contributed by atoms with Crippen LogP contribution in [0.3, 0.4) is 0 Å². The number of ether oxygens (including phenoxy) is 1. The van der Waals surface area contributed by atoms with E-state index in [-0.39, 0.29) is 5.91 Å². The second-order valence-corrected chi connectivity index (χ2v) is 5.85. The monoisotopic (exact) mass is 321 g/mol. The highest BCUT2D eigenvalue weighted by Gasteiger charge is 2.15. The number of hydrazine groups is 1. The maximum Gasteiger partial charge on any atom is 0.238 e. The van der Waals surface area contributed by atoms with Gasteiger partial charge in [0.2, 0.25) is 5.91 Å². The minimum absolute atomic E-state index is 0.0959. The second-order valence-electron chi connectivity index (χ2n) is 5.44. The Morgan fingerprint density at radius 1 is 1.27 bits per heavy atom. The molecular weight excluding hydrogens is 298 g/mol. The summed E-state index contributed by atoms with van der Waals surface area (Å²) in [6, 6.07) is 8.15. The molecule has 0 unspecified atom stereocenters. The summed E-state index contributed by atoms with van der Waals surface area (Å²) >= 11 is 5.17. The van der Waals surface area contributed by atoms with Crippen LogP contribution in [-0.4, -0.2) is 24.2 Å². The van der Waals surface area contributed by atoms with E-state index in [4.69, 9.17) is 17.0 Å². The average Bonchev–Trinajstić information content (AvgIpc) is 3.04. The van der Waals surface area contributed by atoms with Crippen LogP contribution in [-0.2, 0) is 11.2 Å². The Morgan fingerprint density at radius 2 is 2.00 bits per heavy atom. The molecule has 1 fully saturated rings. The van der Waals surface area contributed by atoms with Crippen LogP contribution in [0.15, 0.2) is 24.3 Å². The lowest BCUT2D eigenvalue weighted by molar-refractivity contribution is -0.121. The standard InChI is InChI=1S/C16H23N3O2S/c1-21-14-9-5-2-6-12(14)10-11-15(20)18-19-16(22)17-13-7-3-4-8-13/h2,5-6,9,13H,3-4,7-8,10-11H2,1H3,(H,18,20)(H2,17,19,22). The molecule has 5 nitrogen and oxygen atoms in total. The topological polar surface area (TPSA) is 62.4 Å². The predicted octanol–water partition coefficient (Wildman–Crippen LogP) is 2.07. The zero-order chi connectivity index (χ0) is 15.8. The molecule has 2 rings (SSSR count). The molecule has 1 aromatic rings. The summed E-state index contributed by atoms with van der Waals surface area (Å²) in [6.07, 6.45) is 5.77. The number of aryl methyl sites for hydroxylation is 1. The quantitative estimate of drug-likeness (QED) is 0.572. The molecule has 0 atom stereocenters. The zero-order valence-corrected chi connectivity index (χ0v) is 13.7. The molecule has 0 radical (unpaired) electrons. The van der Waals surface area contributed by atoms with E-state index < -0.39 is 0 Å². The predicted molar refractivity (Wildman–Crippen MR) is 90.6 cm³/mol. The van der Waals surface area contributed by atoms with Crippen LogP contribution in [0.4, 0.5) is 0 Å². The van der Waals surface area contributed by atoms with Gasteiger partial charge < -0.3 is 10.1 Å². The van der Waals surface area contributed by atoms with Crippen molar-refractivity contribution in [3.05, 3.63) is 29.8 Å². The molecule has 1 aliphatic rings.